The van der Waals surface area contributed by atoms with Gasteiger partial charge in [0.1, 0.15) is 0 Å². The fourth-order valence-electron chi connectivity index (χ4n) is 2.02. The van der Waals surface area contributed by atoms with Crippen molar-refractivity contribution in [3.8, 4) is 0 Å². The summed E-state index contributed by atoms with van der Waals surface area (Å²) in [5.74, 6) is 3.71. The van der Waals surface area contributed by atoms with Crippen molar-refractivity contribution in [1.82, 2.24) is 14.1 Å². The molecule has 0 spiro atoms. The molecule has 2 heterocycles. The van der Waals surface area contributed by atoms with Crippen LogP contribution >= 0.6 is 0 Å². The number of hydrogen-bond donors (Lipinski definition) is 0. The summed E-state index contributed by atoms with van der Waals surface area (Å²) < 4.78 is 15.8. The molecule has 1 fully saturated rings. The first-order valence-corrected chi connectivity index (χ1v) is 8.15. The third kappa shape index (κ3) is 3.33. The Labute approximate surface area is 105 Å². The monoisotopic (exact) mass is 257 g/mol. The number of hydrogen-bond acceptors (Lipinski definition) is 2. The molecule has 0 aliphatic carbocycles. The number of aryl methyl sites for hydroxylation is 1. The molecule has 1 saturated heterocycles. The van der Waals surface area contributed by atoms with Crippen molar-refractivity contribution >= 4 is 15.6 Å². The van der Waals surface area contributed by atoms with Gasteiger partial charge in [0.2, 0.25) is 0 Å². The van der Waals surface area contributed by atoms with E-state index in [-0.39, 0.29) is 0 Å². The van der Waals surface area contributed by atoms with Crippen LogP contribution in [0.25, 0.3) is 0 Å². The van der Waals surface area contributed by atoms with Crippen molar-refractivity contribution in [3.05, 3.63) is 18.0 Å². The molecule has 0 aromatic carbocycles. The smallest absolute Gasteiger partial charge is 0.0671 e. The van der Waals surface area contributed by atoms with Crippen LogP contribution in [-0.2, 0) is 9.71 Å². The Bertz CT molecular complexity index is 450. The topological polar surface area (TPSA) is 38.1 Å². The summed E-state index contributed by atoms with van der Waals surface area (Å²) in [6.45, 7) is 7.69. The van der Waals surface area contributed by atoms with E-state index >= 15 is 0 Å². The molecule has 1 aromatic rings. The number of nitrogens with zero attached hydrogens (tertiary/aromatic N) is 3. The van der Waals surface area contributed by atoms with Gasteiger partial charge >= 0.3 is 0 Å². The van der Waals surface area contributed by atoms with Crippen molar-refractivity contribution in [2.24, 2.45) is 0 Å². The molecule has 2 rings (SSSR count). The Balaban J connectivity index is 0.000000686. The van der Waals surface area contributed by atoms with E-state index in [1.165, 1.54) is 0 Å². The predicted molar refractivity (Wildman–Crippen MR) is 74.7 cm³/mol. The molecule has 98 valence electrons. The molecule has 0 radical (unpaired) electrons. The van der Waals surface area contributed by atoms with E-state index in [1.807, 2.05) is 42.0 Å². The molecule has 17 heavy (non-hydrogen) atoms. The van der Waals surface area contributed by atoms with E-state index in [0.29, 0.717) is 6.04 Å². The van der Waals surface area contributed by atoms with Crippen molar-refractivity contribution < 1.29 is 4.21 Å². The van der Waals surface area contributed by atoms with E-state index in [0.717, 1.165) is 25.2 Å². The molecular weight excluding hydrogens is 234 g/mol. The molecule has 0 N–H and O–H groups in total. The summed E-state index contributed by atoms with van der Waals surface area (Å²) in [5, 5.41) is 4.29. The van der Waals surface area contributed by atoms with E-state index < -0.39 is 9.71 Å². The van der Waals surface area contributed by atoms with Crippen LogP contribution in [0.2, 0.25) is 0 Å². The first-order chi connectivity index (χ1) is 7.98. The molecule has 5 heteroatoms. The highest BCUT2D eigenvalue weighted by molar-refractivity contribution is 7.97. The van der Waals surface area contributed by atoms with E-state index in [2.05, 4.69) is 11.0 Å². The van der Waals surface area contributed by atoms with Crippen LogP contribution in [0.1, 0.15) is 32.0 Å². The Morgan fingerprint density at radius 3 is 2.59 bits per heavy atom. The third-order valence-electron chi connectivity index (χ3n) is 2.89. The number of aromatic nitrogens is 2. The van der Waals surface area contributed by atoms with E-state index in [1.54, 1.807) is 6.26 Å². The molecule has 2 atom stereocenters. The Morgan fingerprint density at radius 1 is 1.53 bits per heavy atom. The largest absolute Gasteiger partial charge is 0.265 e. The van der Waals surface area contributed by atoms with E-state index in [4.69, 9.17) is 0 Å². The van der Waals surface area contributed by atoms with Gasteiger partial charge < -0.3 is 0 Å². The van der Waals surface area contributed by atoms with Gasteiger partial charge in [-0.15, -0.1) is 0 Å². The Morgan fingerprint density at radius 2 is 2.18 bits per heavy atom. The van der Waals surface area contributed by atoms with Crippen molar-refractivity contribution in [2.45, 2.75) is 33.2 Å². The van der Waals surface area contributed by atoms with Crippen LogP contribution in [0.3, 0.4) is 0 Å². The van der Waals surface area contributed by atoms with Crippen LogP contribution in [-0.4, -0.2) is 43.5 Å². The van der Waals surface area contributed by atoms with E-state index in [9.17, 15) is 4.21 Å². The molecular formula is C12H23N3OS. The predicted octanol–water partition coefficient (Wildman–Crippen LogP) is 1.73. The highest BCUT2D eigenvalue weighted by Gasteiger charge is 2.27. The highest BCUT2D eigenvalue weighted by Crippen LogP contribution is 2.23. The lowest BCUT2D eigenvalue weighted by Gasteiger charge is -2.18. The van der Waals surface area contributed by atoms with Gasteiger partial charge in [0.15, 0.2) is 0 Å². The molecule has 0 amide bonds. The zero-order chi connectivity index (χ0) is 13.1. The van der Waals surface area contributed by atoms with Gasteiger partial charge in [-0.25, -0.2) is 4.31 Å². The first-order valence-electron chi connectivity index (χ1n) is 6.06. The highest BCUT2D eigenvalue weighted by atomic mass is 32.2. The fraction of sp³-hybridized carbons (Fsp3) is 0.667. The van der Waals surface area contributed by atoms with Crippen molar-refractivity contribution in [1.29, 1.82) is 0 Å². The van der Waals surface area contributed by atoms with Crippen LogP contribution in [0.5, 0.6) is 0 Å². The zero-order valence-electron chi connectivity index (χ0n) is 11.2. The molecule has 1 aliphatic heterocycles. The van der Waals surface area contributed by atoms with Crippen LogP contribution < -0.4 is 0 Å². The average molecular weight is 257 g/mol. The summed E-state index contributed by atoms with van der Waals surface area (Å²) in [6.07, 6.45) is 4.51. The average Bonchev–Trinajstić information content (AvgIpc) is 2.87. The minimum absolute atomic E-state index is 0.350. The molecule has 2 unspecified atom stereocenters. The maximum Gasteiger partial charge on any atom is 0.0671 e. The van der Waals surface area contributed by atoms with Gasteiger partial charge in [-0.05, 0) is 25.3 Å². The van der Waals surface area contributed by atoms with Gasteiger partial charge in [0.25, 0.3) is 0 Å². The van der Waals surface area contributed by atoms with Gasteiger partial charge in [-0.3, -0.25) is 8.89 Å². The lowest BCUT2D eigenvalue weighted by atomic mass is 10.2. The SMILES string of the molecule is C=S(C)(=O)N1CCC(n2nccc2C)C1.CC. The number of rotatable bonds is 2. The second-order valence-electron chi connectivity index (χ2n) is 4.21. The minimum atomic E-state index is -2.05. The Kier molecular flexibility index (Phi) is 4.77. The Hall–Kier alpha value is -0.810. The summed E-state index contributed by atoms with van der Waals surface area (Å²) in [6, 6.07) is 2.35. The summed E-state index contributed by atoms with van der Waals surface area (Å²) in [7, 11) is -2.05. The van der Waals surface area contributed by atoms with Crippen LogP contribution in [0.4, 0.5) is 0 Å². The lowest BCUT2D eigenvalue weighted by molar-refractivity contribution is 0.447. The summed E-state index contributed by atoms with van der Waals surface area (Å²) in [5.41, 5.74) is 1.16. The normalized spacial score (nSPS) is 23.9. The van der Waals surface area contributed by atoms with Gasteiger partial charge in [-0.1, -0.05) is 13.8 Å². The van der Waals surface area contributed by atoms with Crippen molar-refractivity contribution in [3.63, 3.8) is 0 Å². The standard InChI is InChI=1S/C10H17N3OS.C2H6/c1-9-4-6-11-13(9)10-5-7-12(8-10)15(2,3)14;1-2/h4,6,10H,2,5,7-8H2,1,3H3;1-2H3. The second-order valence-corrected chi connectivity index (χ2v) is 6.64. The summed E-state index contributed by atoms with van der Waals surface area (Å²) >= 11 is 0. The third-order valence-corrected chi connectivity index (χ3v) is 4.31. The molecule has 1 aliphatic rings. The zero-order valence-corrected chi connectivity index (χ0v) is 12.0. The fourth-order valence-corrected chi connectivity index (χ4v) is 3.00. The van der Waals surface area contributed by atoms with Gasteiger partial charge in [0.05, 0.1) is 6.04 Å². The van der Waals surface area contributed by atoms with Crippen LogP contribution in [0.15, 0.2) is 12.3 Å². The molecule has 0 bridgehead atoms. The molecule has 4 nitrogen and oxygen atoms in total. The maximum atomic E-state index is 11.8. The second kappa shape index (κ2) is 5.69. The van der Waals surface area contributed by atoms with Gasteiger partial charge in [0, 0.05) is 40.9 Å². The van der Waals surface area contributed by atoms with Crippen LogP contribution in [0, 0.1) is 6.92 Å². The maximum absolute atomic E-state index is 11.8. The molecule has 1 aromatic heterocycles. The lowest BCUT2D eigenvalue weighted by Crippen LogP contribution is -2.28. The molecule has 0 saturated carbocycles. The summed E-state index contributed by atoms with van der Waals surface area (Å²) in [4.78, 5) is 0. The van der Waals surface area contributed by atoms with Gasteiger partial charge in [-0.2, -0.15) is 5.10 Å². The first kappa shape index (κ1) is 14.3. The van der Waals surface area contributed by atoms with Crippen molar-refractivity contribution in [2.75, 3.05) is 19.3 Å². The minimum Gasteiger partial charge on any atom is -0.265 e. The quantitative estimate of drug-likeness (QED) is 0.757.